The van der Waals surface area contributed by atoms with Crippen molar-refractivity contribution in [1.29, 1.82) is 0 Å². The molecule has 1 aliphatic rings. The lowest BCUT2D eigenvalue weighted by Gasteiger charge is -2.20. The fraction of sp³-hybridized carbons (Fsp3) is 0.857. The molecule has 12 heavy (non-hydrogen) atoms. The lowest BCUT2D eigenvalue weighted by atomic mass is 10.3. The van der Waals surface area contributed by atoms with E-state index in [9.17, 15) is 4.79 Å². The van der Waals surface area contributed by atoms with Crippen LogP contribution in [-0.2, 0) is 19.0 Å². The minimum absolute atomic E-state index is 0.312. The molecule has 1 unspecified atom stereocenters. The monoisotopic (exact) mass is 178 g/mol. The lowest BCUT2D eigenvalue weighted by Crippen LogP contribution is -2.36. The van der Waals surface area contributed by atoms with E-state index in [1.54, 1.807) is 0 Å². The van der Waals surface area contributed by atoms with Crippen molar-refractivity contribution >= 4 is 5.97 Å². The number of rotatable bonds is 1. The number of carbonyl (C=O) groups excluding carboxylic acids is 1. The van der Waals surface area contributed by atoms with Gasteiger partial charge in [-0.05, 0) is 0 Å². The minimum atomic E-state index is -0.515. The van der Waals surface area contributed by atoms with Crippen molar-refractivity contribution in [1.82, 2.24) is 0 Å². The smallest absolute Gasteiger partial charge is 0.337 e. The molecule has 1 atom stereocenters. The van der Waals surface area contributed by atoms with Gasteiger partial charge in [-0.3, -0.25) is 0 Å². The summed E-state index contributed by atoms with van der Waals surface area (Å²) in [5.74, 6) is -0.361. The molecule has 0 aromatic carbocycles. The maximum Gasteiger partial charge on any atom is 0.337 e. The molecule has 72 valence electrons. The van der Waals surface area contributed by atoms with Gasteiger partial charge < -0.3 is 19.3 Å². The van der Waals surface area contributed by atoms with Crippen molar-refractivity contribution in [3.63, 3.8) is 0 Å². The second-order valence-corrected chi connectivity index (χ2v) is 1.96. The molecule has 5 nitrogen and oxygen atoms in total. The van der Waals surface area contributed by atoms with Gasteiger partial charge in [0.1, 0.15) is 0 Å². The molecule has 0 saturated carbocycles. The Morgan fingerprint density at radius 2 is 2.17 bits per heavy atom. The highest BCUT2D eigenvalue weighted by atomic mass is 16.6. The summed E-state index contributed by atoms with van der Waals surface area (Å²) < 4.78 is 14.5. The van der Waals surface area contributed by atoms with E-state index in [0.717, 1.165) is 7.11 Å². The quantitative estimate of drug-likeness (QED) is 0.532. The summed E-state index contributed by atoms with van der Waals surface area (Å²) in [7, 11) is 2.33. The third-order valence-electron chi connectivity index (χ3n) is 1.28. The highest BCUT2D eigenvalue weighted by Gasteiger charge is 2.22. The normalized spacial score (nSPS) is 22.1. The first-order chi connectivity index (χ1) is 5.84. The zero-order valence-electron chi connectivity index (χ0n) is 7.28. The molecule has 0 aromatic rings. The van der Waals surface area contributed by atoms with Crippen LogP contribution in [0.3, 0.4) is 0 Å². The Morgan fingerprint density at radius 3 is 2.58 bits per heavy atom. The van der Waals surface area contributed by atoms with E-state index in [2.05, 4.69) is 4.74 Å². The van der Waals surface area contributed by atoms with E-state index in [1.807, 2.05) is 0 Å². The van der Waals surface area contributed by atoms with Gasteiger partial charge in [-0.2, -0.15) is 0 Å². The van der Waals surface area contributed by atoms with Crippen LogP contribution >= 0.6 is 0 Å². The topological polar surface area (TPSA) is 65.0 Å². The standard InChI is InChI=1S/C6H10O4.CH4O/c1-8-6(7)5-4-9-2-3-10-5;1-2/h5H,2-4H2,1H3;2H,1H3. The van der Waals surface area contributed by atoms with Crippen molar-refractivity contribution in [2.45, 2.75) is 6.10 Å². The van der Waals surface area contributed by atoms with Gasteiger partial charge in [0.2, 0.25) is 0 Å². The average molecular weight is 178 g/mol. The van der Waals surface area contributed by atoms with Crippen LogP contribution in [0, 0.1) is 0 Å². The van der Waals surface area contributed by atoms with Crippen LogP contribution in [0.15, 0.2) is 0 Å². The molecule has 1 saturated heterocycles. The molecule has 1 aliphatic heterocycles. The molecule has 1 heterocycles. The Morgan fingerprint density at radius 1 is 1.50 bits per heavy atom. The Labute approximate surface area is 71.2 Å². The van der Waals surface area contributed by atoms with Crippen LogP contribution in [0.5, 0.6) is 0 Å². The second-order valence-electron chi connectivity index (χ2n) is 1.96. The van der Waals surface area contributed by atoms with E-state index < -0.39 is 6.10 Å². The lowest BCUT2D eigenvalue weighted by molar-refractivity contribution is -0.167. The van der Waals surface area contributed by atoms with Crippen molar-refractivity contribution in [2.24, 2.45) is 0 Å². The predicted molar refractivity (Wildman–Crippen MR) is 40.7 cm³/mol. The van der Waals surface area contributed by atoms with Crippen molar-refractivity contribution in [2.75, 3.05) is 34.0 Å². The van der Waals surface area contributed by atoms with Gasteiger partial charge in [0.25, 0.3) is 0 Å². The number of methoxy groups -OCH3 is 1. The van der Waals surface area contributed by atoms with Gasteiger partial charge in [-0.15, -0.1) is 0 Å². The number of esters is 1. The summed E-state index contributed by atoms with van der Waals surface area (Å²) in [6.07, 6.45) is -0.515. The van der Waals surface area contributed by atoms with Crippen molar-refractivity contribution in [3.8, 4) is 0 Å². The van der Waals surface area contributed by atoms with Crippen LogP contribution in [0.4, 0.5) is 0 Å². The van der Waals surface area contributed by atoms with Crippen LogP contribution in [0.2, 0.25) is 0 Å². The first-order valence-electron chi connectivity index (χ1n) is 3.56. The van der Waals surface area contributed by atoms with E-state index in [-0.39, 0.29) is 5.97 Å². The fourth-order valence-corrected chi connectivity index (χ4v) is 0.755. The van der Waals surface area contributed by atoms with E-state index in [4.69, 9.17) is 14.6 Å². The summed E-state index contributed by atoms with van der Waals surface area (Å²) in [5.41, 5.74) is 0. The number of hydrogen-bond acceptors (Lipinski definition) is 5. The van der Waals surface area contributed by atoms with Crippen LogP contribution in [0.25, 0.3) is 0 Å². The Hall–Kier alpha value is -0.650. The third kappa shape index (κ3) is 3.66. The van der Waals surface area contributed by atoms with Crippen LogP contribution < -0.4 is 0 Å². The predicted octanol–water partition coefficient (Wildman–Crippen LogP) is -0.817. The molecule has 0 aromatic heterocycles. The third-order valence-corrected chi connectivity index (χ3v) is 1.28. The summed E-state index contributed by atoms with van der Waals surface area (Å²) >= 11 is 0. The molecule has 0 radical (unpaired) electrons. The number of aliphatic hydroxyl groups excluding tert-OH is 1. The molecule has 1 rings (SSSR count). The summed E-state index contributed by atoms with van der Waals surface area (Å²) in [4.78, 5) is 10.7. The number of hydrogen-bond donors (Lipinski definition) is 1. The molecule has 0 aliphatic carbocycles. The van der Waals surface area contributed by atoms with Crippen molar-refractivity contribution < 1.29 is 24.1 Å². The average Bonchev–Trinajstić information content (AvgIpc) is 2.21. The zero-order chi connectivity index (χ0) is 9.40. The molecule has 0 amide bonds. The summed E-state index contributed by atoms with van der Waals surface area (Å²) in [6, 6.07) is 0. The van der Waals surface area contributed by atoms with E-state index in [0.29, 0.717) is 19.8 Å². The van der Waals surface area contributed by atoms with Gasteiger partial charge in [0.15, 0.2) is 6.10 Å². The molecular formula is C7H14O5. The maximum atomic E-state index is 10.7. The fourth-order valence-electron chi connectivity index (χ4n) is 0.755. The first-order valence-corrected chi connectivity index (χ1v) is 3.56. The molecule has 1 fully saturated rings. The zero-order valence-corrected chi connectivity index (χ0v) is 7.28. The minimum Gasteiger partial charge on any atom is -0.467 e. The number of ether oxygens (including phenoxy) is 3. The van der Waals surface area contributed by atoms with Gasteiger partial charge in [-0.1, -0.05) is 0 Å². The Balaban J connectivity index is 0.000000561. The molecule has 0 bridgehead atoms. The number of carbonyl (C=O) groups is 1. The summed E-state index contributed by atoms with van der Waals surface area (Å²) in [5, 5.41) is 7.00. The highest BCUT2D eigenvalue weighted by molar-refractivity contribution is 5.74. The second kappa shape index (κ2) is 7.02. The van der Waals surface area contributed by atoms with Crippen LogP contribution in [0.1, 0.15) is 0 Å². The van der Waals surface area contributed by atoms with E-state index >= 15 is 0 Å². The first kappa shape index (κ1) is 11.4. The van der Waals surface area contributed by atoms with Crippen molar-refractivity contribution in [3.05, 3.63) is 0 Å². The van der Waals surface area contributed by atoms with Gasteiger partial charge in [-0.25, -0.2) is 4.79 Å². The largest absolute Gasteiger partial charge is 0.467 e. The van der Waals surface area contributed by atoms with Crippen LogP contribution in [-0.4, -0.2) is 51.2 Å². The Kier molecular flexibility index (Phi) is 6.64. The molecular weight excluding hydrogens is 164 g/mol. The molecule has 1 N–H and O–H groups in total. The molecule has 5 heteroatoms. The maximum absolute atomic E-state index is 10.7. The van der Waals surface area contributed by atoms with Gasteiger partial charge >= 0.3 is 5.97 Å². The van der Waals surface area contributed by atoms with E-state index in [1.165, 1.54) is 7.11 Å². The Bertz CT molecular complexity index is 119. The molecule has 0 spiro atoms. The van der Waals surface area contributed by atoms with Gasteiger partial charge in [0.05, 0.1) is 26.9 Å². The highest BCUT2D eigenvalue weighted by Crippen LogP contribution is 2.01. The summed E-state index contributed by atoms with van der Waals surface area (Å²) in [6.45, 7) is 1.35. The SMILES string of the molecule is CO.COC(=O)C1COCCO1. The number of aliphatic hydroxyl groups is 1. The van der Waals surface area contributed by atoms with Gasteiger partial charge in [0, 0.05) is 7.11 Å².